The molecule has 1 fully saturated rings. The Morgan fingerprint density at radius 2 is 2.10 bits per heavy atom. The summed E-state index contributed by atoms with van der Waals surface area (Å²) in [6.45, 7) is 1.68. The van der Waals surface area contributed by atoms with Crippen LogP contribution in [0.4, 0.5) is 5.13 Å². The molecule has 1 aliphatic rings. The van der Waals surface area contributed by atoms with Crippen LogP contribution in [0.1, 0.15) is 18.3 Å². The van der Waals surface area contributed by atoms with Crippen molar-refractivity contribution in [2.75, 3.05) is 18.9 Å². The predicted octanol–water partition coefficient (Wildman–Crippen LogP) is -0.691. The topological polar surface area (TPSA) is 202 Å². The standard InChI is InChI=1S/C17H20N8O5S/c1-8-11(16(27)25(8)28)21-15(26)12(14-22-17(20)31-24-14)23-30-7-6-29-10-4-2-9(3-5-10)13(18)19/h2-5,8,11,28H,6-7H2,1H3,(H3,18,19)(H,21,26)(H2,20,22,24)/t8-,11-/m0/s1. The first-order valence-electron chi connectivity index (χ1n) is 8.97. The lowest BCUT2D eigenvalue weighted by molar-refractivity contribution is -0.207. The Hall–Kier alpha value is -3.78. The van der Waals surface area contributed by atoms with Crippen molar-refractivity contribution in [3.8, 4) is 5.75 Å². The monoisotopic (exact) mass is 448 g/mol. The molecule has 0 unspecified atom stereocenters. The fourth-order valence-corrected chi connectivity index (χ4v) is 2.99. The second kappa shape index (κ2) is 9.36. The Labute approximate surface area is 180 Å². The third-order valence-electron chi connectivity index (χ3n) is 4.28. The van der Waals surface area contributed by atoms with Gasteiger partial charge in [0.05, 0.1) is 6.04 Å². The maximum Gasteiger partial charge on any atom is 0.278 e. The van der Waals surface area contributed by atoms with Crippen LogP contribution in [0.2, 0.25) is 0 Å². The summed E-state index contributed by atoms with van der Waals surface area (Å²) in [6.07, 6.45) is 0. The van der Waals surface area contributed by atoms with Crippen LogP contribution < -0.4 is 21.5 Å². The van der Waals surface area contributed by atoms with E-state index in [4.69, 9.17) is 26.5 Å². The van der Waals surface area contributed by atoms with E-state index in [2.05, 4.69) is 19.8 Å². The molecule has 1 aliphatic heterocycles. The zero-order valence-corrected chi connectivity index (χ0v) is 17.1. The number of hydrogen-bond donors (Lipinski definition) is 5. The lowest BCUT2D eigenvalue weighted by Crippen LogP contribution is -2.68. The molecule has 2 amide bonds. The van der Waals surface area contributed by atoms with Gasteiger partial charge in [0.25, 0.3) is 11.8 Å². The van der Waals surface area contributed by atoms with Crippen LogP contribution in [0.15, 0.2) is 29.4 Å². The Morgan fingerprint density at radius 3 is 2.68 bits per heavy atom. The molecule has 2 heterocycles. The zero-order chi connectivity index (χ0) is 22.5. The summed E-state index contributed by atoms with van der Waals surface area (Å²) < 4.78 is 9.43. The quantitative estimate of drug-likeness (QED) is 0.0821. The summed E-state index contributed by atoms with van der Waals surface area (Å²) in [6, 6.07) is 5.11. The number of hydroxylamine groups is 2. The SMILES string of the molecule is C[C@H]1[C@H](NC(=O)C(=NOCCOc2ccc(C(=N)N)cc2)c2nsc(N)n2)C(=O)N1O. The summed E-state index contributed by atoms with van der Waals surface area (Å²) in [5.74, 6) is -0.958. The van der Waals surface area contributed by atoms with Crippen molar-refractivity contribution in [1.82, 2.24) is 19.7 Å². The number of amidine groups is 1. The number of carbonyl (C=O) groups is 2. The largest absolute Gasteiger partial charge is 0.490 e. The van der Waals surface area contributed by atoms with Gasteiger partial charge in [-0.2, -0.15) is 9.36 Å². The van der Waals surface area contributed by atoms with Crippen molar-refractivity contribution < 1.29 is 24.4 Å². The van der Waals surface area contributed by atoms with E-state index < -0.39 is 23.9 Å². The van der Waals surface area contributed by atoms with Gasteiger partial charge in [-0.3, -0.25) is 20.2 Å². The van der Waals surface area contributed by atoms with Gasteiger partial charge in [0.1, 0.15) is 24.2 Å². The molecule has 14 heteroatoms. The second-order valence-corrected chi connectivity index (χ2v) is 7.17. The molecule has 1 aromatic heterocycles. The summed E-state index contributed by atoms with van der Waals surface area (Å²) >= 11 is 0.871. The van der Waals surface area contributed by atoms with Gasteiger partial charge in [0.15, 0.2) is 11.7 Å². The first kappa shape index (κ1) is 21.9. The number of amides is 2. The number of aromatic nitrogens is 2. The predicted molar refractivity (Wildman–Crippen MR) is 110 cm³/mol. The van der Waals surface area contributed by atoms with Gasteiger partial charge in [-0.15, -0.1) is 0 Å². The van der Waals surface area contributed by atoms with Crippen molar-refractivity contribution in [3.63, 3.8) is 0 Å². The number of rotatable bonds is 9. The van der Waals surface area contributed by atoms with Gasteiger partial charge in [-0.1, -0.05) is 5.16 Å². The molecule has 0 bridgehead atoms. The summed E-state index contributed by atoms with van der Waals surface area (Å²) in [5, 5.41) is 23.6. The molecule has 2 aromatic rings. The van der Waals surface area contributed by atoms with Gasteiger partial charge in [-0.05, 0) is 31.2 Å². The number of nitrogen functional groups attached to an aromatic ring is 2. The third kappa shape index (κ3) is 5.04. The third-order valence-corrected chi connectivity index (χ3v) is 4.82. The van der Waals surface area contributed by atoms with Gasteiger partial charge < -0.3 is 26.4 Å². The van der Waals surface area contributed by atoms with Crippen LogP contribution in [0.5, 0.6) is 5.75 Å². The summed E-state index contributed by atoms with van der Waals surface area (Å²) in [7, 11) is 0. The first-order chi connectivity index (χ1) is 14.8. The van der Waals surface area contributed by atoms with E-state index in [0.717, 1.165) is 11.5 Å². The number of nitrogens with two attached hydrogens (primary N) is 2. The molecular formula is C17H20N8O5S. The molecule has 2 atom stereocenters. The molecule has 31 heavy (non-hydrogen) atoms. The van der Waals surface area contributed by atoms with Crippen LogP contribution in [0, 0.1) is 5.41 Å². The highest BCUT2D eigenvalue weighted by Gasteiger charge is 2.45. The molecule has 0 spiro atoms. The van der Waals surface area contributed by atoms with Crippen LogP contribution in [0.3, 0.4) is 0 Å². The molecule has 1 saturated heterocycles. The summed E-state index contributed by atoms with van der Waals surface area (Å²) in [4.78, 5) is 33.3. The zero-order valence-electron chi connectivity index (χ0n) is 16.3. The van der Waals surface area contributed by atoms with E-state index in [-0.39, 0.29) is 35.7 Å². The van der Waals surface area contributed by atoms with Gasteiger partial charge in [0, 0.05) is 17.1 Å². The number of ether oxygens (including phenoxy) is 1. The van der Waals surface area contributed by atoms with Crippen LogP contribution in [-0.4, -0.2) is 68.3 Å². The fourth-order valence-electron chi connectivity index (χ4n) is 2.55. The van der Waals surface area contributed by atoms with Crippen LogP contribution in [-0.2, 0) is 14.4 Å². The molecule has 0 aliphatic carbocycles. The normalized spacial score (nSPS) is 18.3. The average Bonchev–Trinajstić information content (AvgIpc) is 3.19. The molecular weight excluding hydrogens is 428 g/mol. The number of nitrogens with zero attached hydrogens (tertiary/aromatic N) is 4. The number of carbonyl (C=O) groups excluding carboxylic acids is 2. The van der Waals surface area contributed by atoms with E-state index >= 15 is 0 Å². The minimum atomic E-state index is -0.903. The maximum absolute atomic E-state index is 12.6. The number of oxime groups is 1. The van der Waals surface area contributed by atoms with Crippen LogP contribution >= 0.6 is 11.5 Å². The Bertz CT molecular complexity index is 1010. The number of nitrogens with one attached hydrogen (secondary N) is 2. The molecule has 3 rings (SSSR count). The molecule has 13 nitrogen and oxygen atoms in total. The van der Waals surface area contributed by atoms with Crippen LogP contribution in [0.25, 0.3) is 0 Å². The molecule has 7 N–H and O–H groups in total. The maximum atomic E-state index is 12.6. The highest BCUT2D eigenvalue weighted by molar-refractivity contribution is 7.09. The fraction of sp³-hybridized carbons (Fsp3) is 0.294. The van der Waals surface area contributed by atoms with Gasteiger partial charge in [-0.25, -0.2) is 5.06 Å². The molecule has 1 aromatic carbocycles. The number of benzene rings is 1. The lowest BCUT2D eigenvalue weighted by Gasteiger charge is -2.40. The highest BCUT2D eigenvalue weighted by Crippen LogP contribution is 2.17. The van der Waals surface area contributed by atoms with Crippen molar-refractivity contribution in [2.24, 2.45) is 10.9 Å². The smallest absolute Gasteiger partial charge is 0.278 e. The van der Waals surface area contributed by atoms with E-state index in [0.29, 0.717) is 16.4 Å². The summed E-state index contributed by atoms with van der Waals surface area (Å²) in [5.41, 5.74) is 11.3. The lowest BCUT2D eigenvalue weighted by atomic mass is 10.00. The Morgan fingerprint density at radius 1 is 1.39 bits per heavy atom. The van der Waals surface area contributed by atoms with Gasteiger partial charge in [0.2, 0.25) is 11.5 Å². The van der Waals surface area contributed by atoms with E-state index in [1.165, 1.54) is 0 Å². The molecule has 164 valence electrons. The van der Waals surface area contributed by atoms with E-state index in [1.54, 1.807) is 31.2 Å². The highest BCUT2D eigenvalue weighted by atomic mass is 32.1. The van der Waals surface area contributed by atoms with Gasteiger partial charge >= 0.3 is 0 Å². The second-order valence-electron chi connectivity index (χ2n) is 6.39. The van der Waals surface area contributed by atoms with Crippen molar-refractivity contribution in [1.29, 1.82) is 5.41 Å². The number of anilines is 1. The Balaban J connectivity index is 1.58. The minimum absolute atomic E-state index is 0.00591. The Kier molecular flexibility index (Phi) is 6.61. The van der Waals surface area contributed by atoms with Crippen molar-refractivity contribution in [3.05, 3.63) is 35.7 Å². The average molecular weight is 448 g/mol. The molecule has 0 saturated carbocycles. The number of hydrogen-bond acceptors (Lipinski definition) is 11. The number of β-lactam (4-membered cyclic amide) rings is 1. The van der Waals surface area contributed by atoms with Crippen molar-refractivity contribution in [2.45, 2.75) is 19.0 Å². The molecule has 0 radical (unpaired) electrons. The van der Waals surface area contributed by atoms with E-state index in [9.17, 15) is 14.8 Å². The van der Waals surface area contributed by atoms with Crippen molar-refractivity contribution >= 4 is 40.0 Å². The first-order valence-corrected chi connectivity index (χ1v) is 9.75. The minimum Gasteiger partial charge on any atom is -0.490 e. The van der Waals surface area contributed by atoms with E-state index in [1.807, 2.05) is 0 Å².